The lowest BCUT2D eigenvalue weighted by Crippen LogP contribution is -2.52. The molecule has 1 heterocycles. The minimum atomic E-state index is -0.483. The number of nitrogens with zero attached hydrogens (tertiary/aromatic N) is 2. The summed E-state index contributed by atoms with van der Waals surface area (Å²) in [6.07, 6.45) is 2.98. The average Bonchev–Trinajstić information content (AvgIpc) is 2.54. The number of hydrogen-bond donors (Lipinski definition) is 0. The van der Waals surface area contributed by atoms with Gasteiger partial charge in [-0.2, -0.15) is 5.26 Å². The number of rotatable bonds is 2. The number of methoxy groups -OCH3 is 1. The Morgan fingerprint density at radius 2 is 2.15 bits per heavy atom. The molecule has 1 aliphatic heterocycles. The molecule has 3 rings (SSSR count). The highest BCUT2D eigenvalue weighted by atomic mass is 16.5. The molecule has 2 aliphatic rings. The Morgan fingerprint density at radius 1 is 1.35 bits per heavy atom. The number of morpholine rings is 1. The second-order valence-electron chi connectivity index (χ2n) is 5.45. The minimum Gasteiger partial charge on any atom is -0.497 e. The van der Waals surface area contributed by atoms with E-state index in [0.717, 1.165) is 56.9 Å². The van der Waals surface area contributed by atoms with Gasteiger partial charge in [0.25, 0.3) is 0 Å². The Labute approximate surface area is 119 Å². The standard InChI is InChI=1S/C16H20N2O2/c1-19-14-4-5-15-13(11-14)3-2-6-16(15,12-17)18-7-9-20-10-8-18/h4-5,11H,2-3,6-10H2,1H3. The van der Waals surface area contributed by atoms with Gasteiger partial charge >= 0.3 is 0 Å². The Morgan fingerprint density at radius 3 is 2.85 bits per heavy atom. The molecule has 1 unspecified atom stereocenters. The van der Waals surface area contributed by atoms with E-state index >= 15 is 0 Å². The van der Waals surface area contributed by atoms with E-state index in [0.29, 0.717) is 0 Å². The van der Waals surface area contributed by atoms with Gasteiger partial charge in [0.05, 0.1) is 26.4 Å². The number of benzene rings is 1. The number of fused-ring (bicyclic) bond motifs is 1. The molecule has 0 bridgehead atoms. The average molecular weight is 272 g/mol. The van der Waals surface area contributed by atoms with Crippen LogP contribution >= 0.6 is 0 Å². The van der Waals surface area contributed by atoms with Crippen molar-refractivity contribution in [2.75, 3.05) is 33.4 Å². The molecule has 0 radical (unpaired) electrons. The summed E-state index contributed by atoms with van der Waals surface area (Å²) in [7, 11) is 1.68. The SMILES string of the molecule is COc1ccc2c(c1)CCCC2(C#N)N1CCOCC1. The van der Waals surface area contributed by atoms with Gasteiger partial charge in [-0.05, 0) is 42.5 Å². The zero-order valence-electron chi connectivity index (χ0n) is 11.9. The van der Waals surface area contributed by atoms with Gasteiger partial charge in [-0.3, -0.25) is 4.90 Å². The highest BCUT2D eigenvalue weighted by Crippen LogP contribution is 2.41. The van der Waals surface area contributed by atoms with Gasteiger partial charge in [0, 0.05) is 13.1 Å². The number of ether oxygens (including phenoxy) is 2. The first kappa shape index (κ1) is 13.4. The van der Waals surface area contributed by atoms with Crippen molar-refractivity contribution in [2.24, 2.45) is 0 Å². The molecule has 20 heavy (non-hydrogen) atoms. The van der Waals surface area contributed by atoms with E-state index in [4.69, 9.17) is 9.47 Å². The number of hydrogen-bond acceptors (Lipinski definition) is 4. The largest absolute Gasteiger partial charge is 0.497 e. The molecule has 1 aromatic rings. The second kappa shape index (κ2) is 5.43. The van der Waals surface area contributed by atoms with Gasteiger partial charge in [-0.15, -0.1) is 0 Å². The maximum absolute atomic E-state index is 9.90. The van der Waals surface area contributed by atoms with Gasteiger partial charge in [0.15, 0.2) is 0 Å². The van der Waals surface area contributed by atoms with E-state index in [1.165, 1.54) is 5.56 Å². The molecule has 0 N–H and O–H groups in total. The van der Waals surface area contributed by atoms with Crippen molar-refractivity contribution in [3.05, 3.63) is 29.3 Å². The van der Waals surface area contributed by atoms with Crippen LogP contribution in [-0.4, -0.2) is 38.3 Å². The van der Waals surface area contributed by atoms with E-state index in [-0.39, 0.29) is 0 Å². The molecule has 1 saturated heterocycles. The molecule has 1 aromatic carbocycles. The van der Waals surface area contributed by atoms with Gasteiger partial charge < -0.3 is 9.47 Å². The third-order valence-corrected chi connectivity index (χ3v) is 4.48. The van der Waals surface area contributed by atoms with Crippen LogP contribution in [0.15, 0.2) is 18.2 Å². The topological polar surface area (TPSA) is 45.5 Å². The Hall–Kier alpha value is -1.57. The summed E-state index contributed by atoms with van der Waals surface area (Å²) >= 11 is 0. The molecule has 1 fully saturated rings. The smallest absolute Gasteiger partial charge is 0.135 e. The van der Waals surface area contributed by atoms with E-state index in [1.54, 1.807) is 7.11 Å². The van der Waals surface area contributed by atoms with Crippen molar-refractivity contribution in [1.29, 1.82) is 5.26 Å². The maximum Gasteiger partial charge on any atom is 0.135 e. The summed E-state index contributed by atoms with van der Waals surface area (Å²) < 4.78 is 10.7. The van der Waals surface area contributed by atoms with Crippen molar-refractivity contribution in [3.8, 4) is 11.8 Å². The first-order valence-electron chi connectivity index (χ1n) is 7.21. The van der Waals surface area contributed by atoms with Gasteiger partial charge in [0.2, 0.25) is 0 Å². The predicted octanol–water partition coefficient (Wildman–Crippen LogP) is 2.08. The highest BCUT2D eigenvalue weighted by molar-refractivity contribution is 5.45. The zero-order chi connectivity index (χ0) is 14.0. The summed E-state index contributed by atoms with van der Waals surface area (Å²) in [5.41, 5.74) is 1.93. The summed E-state index contributed by atoms with van der Waals surface area (Å²) in [5, 5.41) is 9.90. The molecule has 4 heteroatoms. The summed E-state index contributed by atoms with van der Waals surface area (Å²) in [5.74, 6) is 0.875. The first-order valence-corrected chi connectivity index (χ1v) is 7.21. The molecule has 4 nitrogen and oxygen atoms in total. The lowest BCUT2D eigenvalue weighted by Gasteiger charge is -2.44. The van der Waals surface area contributed by atoms with Crippen LogP contribution in [0.2, 0.25) is 0 Å². The molecule has 1 aliphatic carbocycles. The van der Waals surface area contributed by atoms with Gasteiger partial charge in [-0.1, -0.05) is 6.07 Å². The van der Waals surface area contributed by atoms with Crippen LogP contribution in [0.1, 0.15) is 24.0 Å². The number of aryl methyl sites for hydroxylation is 1. The highest BCUT2D eigenvalue weighted by Gasteiger charge is 2.42. The van der Waals surface area contributed by atoms with E-state index in [1.807, 2.05) is 6.07 Å². The van der Waals surface area contributed by atoms with Gasteiger partial charge in [0.1, 0.15) is 11.3 Å². The first-order chi connectivity index (χ1) is 9.80. The van der Waals surface area contributed by atoms with Gasteiger partial charge in [-0.25, -0.2) is 0 Å². The monoisotopic (exact) mass is 272 g/mol. The van der Waals surface area contributed by atoms with Crippen LogP contribution in [0.25, 0.3) is 0 Å². The summed E-state index contributed by atoms with van der Waals surface area (Å²) in [4.78, 5) is 2.29. The maximum atomic E-state index is 9.90. The van der Waals surface area contributed by atoms with Crippen molar-refractivity contribution in [3.63, 3.8) is 0 Å². The molecule has 0 aromatic heterocycles. The third-order valence-electron chi connectivity index (χ3n) is 4.48. The fraction of sp³-hybridized carbons (Fsp3) is 0.562. The Bertz CT molecular complexity index is 532. The van der Waals surface area contributed by atoms with Crippen LogP contribution in [0.3, 0.4) is 0 Å². The van der Waals surface area contributed by atoms with E-state index < -0.39 is 5.54 Å². The van der Waals surface area contributed by atoms with Crippen molar-refractivity contribution >= 4 is 0 Å². The Kier molecular flexibility index (Phi) is 3.64. The zero-order valence-corrected chi connectivity index (χ0v) is 11.9. The van der Waals surface area contributed by atoms with Crippen LogP contribution in [0, 0.1) is 11.3 Å². The predicted molar refractivity (Wildman–Crippen MR) is 75.6 cm³/mol. The lowest BCUT2D eigenvalue weighted by atomic mass is 9.76. The molecule has 0 saturated carbocycles. The van der Waals surface area contributed by atoms with Crippen LogP contribution < -0.4 is 4.74 Å². The van der Waals surface area contributed by atoms with Crippen LogP contribution in [-0.2, 0) is 16.7 Å². The van der Waals surface area contributed by atoms with Crippen LogP contribution in [0.5, 0.6) is 5.75 Å². The molecular formula is C16H20N2O2. The molecule has 0 spiro atoms. The fourth-order valence-electron chi connectivity index (χ4n) is 3.44. The summed E-state index contributed by atoms with van der Waals surface area (Å²) in [6, 6.07) is 8.74. The molecule has 1 atom stereocenters. The third kappa shape index (κ3) is 2.07. The van der Waals surface area contributed by atoms with Crippen LogP contribution in [0.4, 0.5) is 0 Å². The minimum absolute atomic E-state index is 0.483. The lowest BCUT2D eigenvalue weighted by molar-refractivity contribution is -0.0105. The van der Waals surface area contributed by atoms with Crippen molar-refractivity contribution < 1.29 is 9.47 Å². The Balaban J connectivity index is 2.03. The summed E-state index contributed by atoms with van der Waals surface area (Å²) in [6.45, 7) is 3.10. The quantitative estimate of drug-likeness (QED) is 0.827. The van der Waals surface area contributed by atoms with Crippen molar-refractivity contribution in [2.45, 2.75) is 24.8 Å². The molecule has 0 amide bonds. The fourth-order valence-corrected chi connectivity index (χ4v) is 3.44. The van der Waals surface area contributed by atoms with Crippen molar-refractivity contribution in [1.82, 2.24) is 4.90 Å². The molecule has 106 valence electrons. The molecular weight excluding hydrogens is 252 g/mol. The van der Waals surface area contributed by atoms with E-state index in [2.05, 4.69) is 23.1 Å². The normalized spacial score (nSPS) is 26.6. The van der Waals surface area contributed by atoms with E-state index in [9.17, 15) is 5.26 Å². The second-order valence-corrected chi connectivity index (χ2v) is 5.45. The number of nitriles is 1.